The molecule has 4 nitrogen and oxygen atoms in total. The van der Waals surface area contributed by atoms with Gasteiger partial charge in [-0.15, -0.1) is 11.3 Å². The van der Waals surface area contributed by atoms with Crippen LogP contribution >= 0.6 is 11.3 Å². The summed E-state index contributed by atoms with van der Waals surface area (Å²) < 4.78 is 164. The summed E-state index contributed by atoms with van der Waals surface area (Å²) in [6, 6.07) is 0. The molecule has 1 aliphatic carbocycles. The number of halogens is 12. The van der Waals surface area contributed by atoms with E-state index in [4.69, 9.17) is 0 Å². The Morgan fingerprint density at radius 2 is 1.45 bits per heavy atom. The van der Waals surface area contributed by atoms with Crippen LogP contribution < -0.4 is 5.32 Å². The smallest absolute Gasteiger partial charge is 0.393 e. The first-order valence-corrected chi connectivity index (χ1v) is 9.32. The highest BCUT2D eigenvalue weighted by molar-refractivity contribution is 7.17. The van der Waals surface area contributed by atoms with Gasteiger partial charge in [0.05, 0.1) is 12.7 Å². The van der Waals surface area contributed by atoms with E-state index < -0.39 is 58.5 Å². The highest BCUT2D eigenvalue weighted by atomic mass is 32.1. The lowest BCUT2D eigenvalue weighted by molar-refractivity contribution is -0.406. The number of anilines is 1. The van der Waals surface area contributed by atoms with Crippen LogP contribution in [0.1, 0.15) is 27.2 Å². The molecule has 0 aliphatic heterocycles. The summed E-state index contributed by atoms with van der Waals surface area (Å²) in [5.74, 6) is -41.7. The molecule has 1 aromatic rings. The number of alkyl halides is 12. The van der Waals surface area contributed by atoms with Gasteiger partial charge in [-0.3, -0.25) is 4.79 Å². The van der Waals surface area contributed by atoms with Crippen molar-refractivity contribution in [2.45, 2.75) is 55.3 Å². The van der Waals surface area contributed by atoms with Gasteiger partial charge in [-0.2, -0.15) is 43.9 Å². The summed E-state index contributed by atoms with van der Waals surface area (Å²) in [6.07, 6.45) is -4.77. The number of methoxy groups -OCH3 is 1. The highest BCUT2D eigenvalue weighted by Gasteiger charge is 2.89. The minimum atomic E-state index is -7.83. The van der Waals surface area contributed by atoms with Gasteiger partial charge in [-0.05, 0) is 24.8 Å². The number of ether oxygens (including phenoxy) is 1. The molecule has 0 unspecified atom stereocenters. The predicted molar refractivity (Wildman–Crippen MR) is 87.1 cm³/mol. The molecular formula is C16H11F12NO3S. The van der Waals surface area contributed by atoms with Gasteiger partial charge in [-0.25, -0.2) is 13.6 Å². The van der Waals surface area contributed by atoms with Crippen LogP contribution in [0, 0.1) is 0 Å². The molecule has 1 aromatic heterocycles. The molecule has 0 aromatic carbocycles. The van der Waals surface area contributed by atoms with E-state index in [0.717, 1.165) is 12.4 Å². The van der Waals surface area contributed by atoms with Gasteiger partial charge < -0.3 is 10.1 Å². The number of fused-ring (bicyclic) bond motifs is 1. The molecule has 0 atom stereocenters. The zero-order chi connectivity index (χ0) is 25.8. The van der Waals surface area contributed by atoms with Crippen molar-refractivity contribution < 1.29 is 67.0 Å². The van der Waals surface area contributed by atoms with Crippen molar-refractivity contribution in [1.29, 1.82) is 0 Å². The number of carbonyl (C=O) groups is 2. The number of hydrogen-bond donors (Lipinski definition) is 1. The minimum Gasteiger partial charge on any atom is -0.465 e. The molecule has 33 heavy (non-hydrogen) atoms. The molecule has 0 fully saturated rings. The second kappa shape index (κ2) is 8.23. The van der Waals surface area contributed by atoms with Crippen molar-refractivity contribution in [3.63, 3.8) is 0 Å². The average molecular weight is 525 g/mol. The second-order valence-corrected chi connectivity index (χ2v) is 7.83. The number of aryl methyl sites for hydroxylation is 1. The SMILES string of the molecule is COC(=O)c1c(NC(=O)C(F)(F)C(F)(F)C(F)(F)C(F)(F)C(F)(F)C(F)F)sc2c1CCC2. The van der Waals surface area contributed by atoms with E-state index in [-0.39, 0.29) is 18.4 Å². The lowest BCUT2D eigenvalue weighted by Crippen LogP contribution is -2.70. The molecule has 0 saturated heterocycles. The summed E-state index contributed by atoms with van der Waals surface area (Å²) >= 11 is 0.403. The fourth-order valence-electron chi connectivity index (χ4n) is 2.88. The van der Waals surface area contributed by atoms with Crippen molar-refractivity contribution in [1.82, 2.24) is 0 Å². The minimum absolute atomic E-state index is 0.158. The average Bonchev–Trinajstić information content (AvgIpc) is 3.27. The van der Waals surface area contributed by atoms with Crippen molar-refractivity contribution in [2.75, 3.05) is 12.4 Å². The number of nitrogens with one attached hydrogen (secondary N) is 1. The van der Waals surface area contributed by atoms with Gasteiger partial charge in [0.2, 0.25) is 0 Å². The Balaban J connectivity index is 2.47. The second-order valence-electron chi connectivity index (χ2n) is 6.73. The summed E-state index contributed by atoms with van der Waals surface area (Å²) in [7, 11) is 0.821. The van der Waals surface area contributed by atoms with Gasteiger partial charge in [0.15, 0.2) is 0 Å². The lowest BCUT2D eigenvalue weighted by atomic mass is 9.94. The highest BCUT2D eigenvalue weighted by Crippen LogP contribution is 2.58. The molecule has 1 heterocycles. The number of amides is 1. The zero-order valence-corrected chi connectivity index (χ0v) is 16.7. The molecule has 0 spiro atoms. The van der Waals surface area contributed by atoms with E-state index in [9.17, 15) is 62.3 Å². The van der Waals surface area contributed by atoms with E-state index in [1.807, 2.05) is 0 Å². The molecule has 17 heteroatoms. The van der Waals surface area contributed by atoms with E-state index in [2.05, 4.69) is 4.74 Å². The maximum Gasteiger partial charge on any atom is 0.393 e. The monoisotopic (exact) mass is 525 g/mol. The molecule has 1 amide bonds. The van der Waals surface area contributed by atoms with Gasteiger partial charge >= 0.3 is 47.9 Å². The molecule has 1 aliphatic rings. The Hall–Kier alpha value is -2.20. The Morgan fingerprint density at radius 1 is 0.909 bits per heavy atom. The van der Waals surface area contributed by atoms with Gasteiger partial charge in [0.25, 0.3) is 0 Å². The van der Waals surface area contributed by atoms with Crippen LogP contribution in [0.5, 0.6) is 0 Å². The van der Waals surface area contributed by atoms with Crippen molar-refractivity contribution in [3.8, 4) is 0 Å². The molecule has 0 saturated carbocycles. The van der Waals surface area contributed by atoms with E-state index in [1.165, 1.54) is 0 Å². The van der Waals surface area contributed by atoms with Gasteiger partial charge in [0, 0.05) is 4.88 Å². The molecule has 0 bridgehead atoms. The fraction of sp³-hybridized carbons (Fsp3) is 0.625. The third kappa shape index (κ3) is 3.80. The Morgan fingerprint density at radius 3 is 1.94 bits per heavy atom. The first-order chi connectivity index (χ1) is 14.8. The number of rotatable bonds is 8. The van der Waals surface area contributed by atoms with E-state index in [1.54, 1.807) is 0 Å². The fourth-order valence-corrected chi connectivity index (χ4v) is 4.15. The van der Waals surface area contributed by atoms with E-state index in [0.29, 0.717) is 22.6 Å². The van der Waals surface area contributed by atoms with Crippen LogP contribution in [0.2, 0.25) is 0 Å². The van der Waals surface area contributed by atoms with Crippen LogP contribution in [0.25, 0.3) is 0 Å². The normalized spacial score (nSPS) is 15.6. The Bertz CT molecular complexity index is 943. The van der Waals surface area contributed by atoms with Crippen molar-refractivity contribution >= 4 is 28.2 Å². The van der Waals surface area contributed by atoms with Crippen LogP contribution in [-0.4, -0.2) is 55.0 Å². The molecule has 188 valence electrons. The summed E-state index contributed by atoms with van der Waals surface area (Å²) in [6.45, 7) is 0. The van der Waals surface area contributed by atoms with Gasteiger partial charge in [0.1, 0.15) is 5.00 Å². The maximum absolute atomic E-state index is 14.0. The third-order valence-electron chi connectivity index (χ3n) is 4.70. The quantitative estimate of drug-likeness (QED) is 0.365. The summed E-state index contributed by atoms with van der Waals surface area (Å²) in [5.41, 5.74) is -0.408. The van der Waals surface area contributed by atoms with Crippen LogP contribution in [-0.2, 0) is 22.4 Å². The standard InChI is InChI=1S/C16H11F12NO3S/c1-32-9(30)7-5-3-2-4-6(5)33-8(7)29-11(31)13(21,22)15(25,26)16(27,28)14(23,24)12(19,20)10(17)18/h10H,2-4H2,1H3,(H,29,31). The van der Waals surface area contributed by atoms with Crippen LogP contribution in [0.4, 0.5) is 57.7 Å². The van der Waals surface area contributed by atoms with E-state index >= 15 is 0 Å². The third-order valence-corrected chi connectivity index (χ3v) is 5.91. The molecular weight excluding hydrogens is 514 g/mol. The Kier molecular flexibility index (Phi) is 6.75. The van der Waals surface area contributed by atoms with Gasteiger partial charge in [-0.1, -0.05) is 0 Å². The first kappa shape index (κ1) is 27.0. The molecule has 1 N–H and O–H groups in total. The zero-order valence-electron chi connectivity index (χ0n) is 15.9. The number of esters is 1. The van der Waals surface area contributed by atoms with Crippen LogP contribution in [0.15, 0.2) is 0 Å². The summed E-state index contributed by atoms with van der Waals surface area (Å²) in [5, 5.41) is 0.147. The number of hydrogen-bond acceptors (Lipinski definition) is 4. The van der Waals surface area contributed by atoms with Crippen molar-refractivity contribution in [3.05, 3.63) is 16.0 Å². The predicted octanol–water partition coefficient (Wildman–Crippen LogP) is 5.40. The number of thiophene rings is 1. The number of carbonyl (C=O) groups excluding carboxylic acids is 2. The van der Waals surface area contributed by atoms with Crippen LogP contribution in [0.3, 0.4) is 0 Å². The molecule has 0 radical (unpaired) electrons. The maximum atomic E-state index is 14.0. The Labute approximate surface area is 179 Å². The summed E-state index contributed by atoms with van der Waals surface area (Å²) in [4.78, 5) is 23.9. The first-order valence-electron chi connectivity index (χ1n) is 8.50. The topological polar surface area (TPSA) is 55.4 Å². The lowest BCUT2D eigenvalue weighted by Gasteiger charge is -2.38. The van der Waals surface area contributed by atoms with Crippen molar-refractivity contribution in [2.24, 2.45) is 0 Å². The largest absolute Gasteiger partial charge is 0.465 e. The molecule has 2 rings (SSSR count).